The molecular weight excluding hydrogens is 278 g/mol. The molecule has 1 atom stereocenters. The lowest BCUT2D eigenvalue weighted by Crippen LogP contribution is -2.44. The first kappa shape index (κ1) is 13.9. The van der Waals surface area contributed by atoms with Crippen LogP contribution in [0, 0.1) is 5.92 Å². The highest BCUT2D eigenvalue weighted by Crippen LogP contribution is 2.51. The van der Waals surface area contributed by atoms with Crippen LogP contribution in [0.5, 0.6) is 11.5 Å². The molecule has 1 saturated heterocycles. The fraction of sp³-hybridized carbons (Fsp3) is 0.611. The summed E-state index contributed by atoms with van der Waals surface area (Å²) in [6.45, 7) is 5.24. The van der Waals surface area contributed by atoms with Gasteiger partial charge in [0.05, 0.1) is 5.41 Å². The first-order chi connectivity index (χ1) is 10.7. The van der Waals surface area contributed by atoms with Crippen molar-refractivity contribution in [2.75, 3.05) is 26.3 Å². The zero-order valence-corrected chi connectivity index (χ0v) is 13.1. The Hall–Kier alpha value is -1.71. The highest BCUT2D eigenvalue weighted by molar-refractivity contribution is 5.91. The topological polar surface area (TPSA) is 38.8 Å². The zero-order chi connectivity index (χ0) is 15.2. The summed E-state index contributed by atoms with van der Waals surface area (Å²) in [6.07, 6.45) is 4.28. The highest BCUT2D eigenvalue weighted by Gasteiger charge is 2.53. The van der Waals surface area contributed by atoms with E-state index in [1.165, 1.54) is 6.42 Å². The van der Waals surface area contributed by atoms with Gasteiger partial charge in [-0.1, -0.05) is 13.0 Å². The molecule has 0 spiro atoms. The lowest BCUT2D eigenvalue weighted by molar-refractivity contribution is -0.135. The molecule has 4 nitrogen and oxygen atoms in total. The first-order valence-electron chi connectivity index (χ1n) is 8.38. The predicted octanol–water partition coefficient (Wildman–Crippen LogP) is 2.75. The van der Waals surface area contributed by atoms with E-state index in [1.807, 2.05) is 18.2 Å². The van der Waals surface area contributed by atoms with Crippen LogP contribution in [0.4, 0.5) is 0 Å². The first-order valence-corrected chi connectivity index (χ1v) is 8.38. The van der Waals surface area contributed by atoms with Crippen LogP contribution in [-0.2, 0) is 10.2 Å². The minimum atomic E-state index is -0.299. The Balaban J connectivity index is 1.59. The summed E-state index contributed by atoms with van der Waals surface area (Å²) in [4.78, 5) is 15.1. The molecule has 1 aromatic carbocycles. The summed E-state index contributed by atoms with van der Waals surface area (Å²) in [5.41, 5.74) is 0.798. The van der Waals surface area contributed by atoms with Crippen molar-refractivity contribution >= 4 is 5.91 Å². The second-order valence-corrected chi connectivity index (χ2v) is 6.94. The monoisotopic (exact) mass is 301 g/mol. The molecule has 1 aromatic rings. The number of amides is 1. The van der Waals surface area contributed by atoms with Crippen molar-refractivity contribution in [3.8, 4) is 11.5 Å². The van der Waals surface area contributed by atoms with Crippen LogP contribution < -0.4 is 9.47 Å². The number of rotatable bonds is 2. The minimum Gasteiger partial charge on any atom is -0.486 e. The fourth-order valence-electron chi connectivity index (χ4n) is 3.77. The Labute approximate surface area is 131 Å². The molecule has 0 aromatic heterocycles. The van der Waals surface area contributed by atoms with Gasteiger partial charge < -0.3 is 14.4 Å². The summed E-state index contributed by atoms with van der Waals surface area (Å²) in [5.74, 6) is 2.52. The Kier molecular flexibility index (Phi) is 3.28. The molecule has 0 bridgehead atoms. The van der Waals surface area contributed by atoms with Crippen molar-refractivity contribution in [2.45, 2.75) is 38.0 Å². The lowest BCUT2D eigenvalue weighted by Gasteiger charge is -2.34. The third kappa shape index (κ3) is 2.25. The number of likely N-dealkylation sites (tertiary alicyclic amines) is 1. The molecule has 0 radical (unpaired) electrons. The maximum Gasteiger partial charge on any atom is 0.233 e. The van der Waals surface area contributed by atoms with Crippen LogP contribution in [0.15, 0.2) is 18.2 Å². The molecule has 2 aliphatic heterocycles. The van der Waals surface area contributed by atoms with E-state index in [0.29, 0.717) is 25.0 Å². The summed E-state index contributed by atoms with van der Waals surface area (Å²) >= 11 is 0. The van der Waals surface area contributed by atoms with Crippen LogP contribution in [0.2, 0.25) is 0 Å². The number of hydrogen-bond acceptors (Lipinski definition) is 3. The van der Waals surface area contributed by atoms with E-state index in [2.05, 4.69) is 11.8 Å². The van der Waals surface area contributed by atoms with Crippen LogP contribution >= 0.6 is 0 Å². The number of piperidine rings is 1. The van der Waals surface area contributed by atoms with E-state index in [0.717, 1.165) is 49.4 Å². The highest BCUT2D eigenvalue weighted by atomic mass is 16.6. The molecule has 118 valence electrons. The molecule has 3 aliphatic rings. The van der Waals surface area contributed by atoms with Gasteiger partial charge in [0.1, 0.15) is 13.2 Å². The van der Waals surface area contributed by atoms with Gasteiger partial charge in [0.25, 0.3) is 0 Å². The van der Waals surface area contributed by atoms with E-state index in [-0.39, 0.29) is 5.41 Å². The van der Waals surface area contributed by atoms with Gasteiger partial charge in [-0.3, -0.25) is 4.79 Å². The van der Waals surface area contributed by atoms with E-state index >= 15 is 0 Å². The van der Waals surface area contributed by atoms with Crippen LogP contribution in [0.3, 0.4) is 0 Å². The molecule has 1 amide bonds. The van der Waals surface area contributed by atoms with Crippen molar-refractivity contribution in [1.82, 2.24) is 4.90 Å². The van der Waals surface area contributed by atoms with Gasteiger partial charge in [-0.05, 0) is 49.3 Å². The Morgan fingerprint density at radius 2 is 2.00 bits per heavy atom. The van der Waals surface area contributed by atoms with Gasteiger partial charge in [-0.15, -0.1) is 0 Å². The second kappa shape index (κ2) is 5.18. The molecular formula is C18H23NO3. The van der Waals surface area contributed by atoms with Gasteiger partial charge in [0.15, 0.2) is 11.5 Å². The molecule has 4 heteroatoms. The van der Waals surface area contributed by atoms with Crippen LogP contribution in [0.25, 0.3) is 0 Å². The number of carbonyl (C=O) groups is 1. The van der Waals surface area contributed by atoms with E-state index in [1.54, 1.807) is 0 Å². The molecule has 1 aliphatic carbocycles. The van der Waals surface area contributed by atoms with Crippen molar-refractivity contribution in [2.24, 2.45) is 5.92 Å². The van der Waals surface area contributed by atoms with Crippen LogP contribution in [0.1, 0.15) is 38.2 Å². The van der Waals surface area contributed by atoms with Gasteiger partial charge in [-0.25, -0.2) is 0 Å². The molecule has 1 saturated carbocycles. The standard InChI is InChI=1S/C18H23NO3/c1-13-3-2-8-19(12-13)17(20)18(6-7-18)14-4-5-15-16(11-14)22-10-9-21-15/h4-5,11,13H,2-3,6-10,12H2,1H3. The molecule has 2 heterocycles. The molecule has 0 N–H and O–H groups in total. The zero-order valence-electron chi connectivity index (χ0n) is 13.1. The Morgan fingerprint density at radius 3 is 2.73 bits per heavy atom. The SMILES string of the molecule is CC1CCCN(C(=O)C2(c3ccc4c(c3)OCCO4)CC2)C1. The smallest absolute Gasteiger partial charge is 0.233 e. The fourth-order valence-corrected chi connectivity index (χ4v) is 3.77. The minimum absolute atomic E-state index is 0.299. The maximum atomic E-state index is 13.1. The molecule has 22 heavy (non-hydrogen) atoms. The van der Waals surface area contributed by atoms with Crippen molar-refractivity contribution < 1.29 is 14.3 Å². The summed E-state index contributed by atoms with van der Waals surface area (Å²) in [7, 11) is 0. The number of benzene rings is 1. The largest absolute Gasteiger partial charge is 0.486 e. The van der Waals surface area contributed by atoms with Crippen molar-refractivity contribution in [3.05, 3.63) is 23.8 Å². The molecule has 1 unspecified atom stereocenters. The van der Waals surface area contributed by atoms with Gasteiger partial charge in [0.2, 0.25) is 5.91 Å². The summed E-state index contributed by atoms with van der Waals surface area (Å²) in [5, 5.41) is 0. The number of carbonyl (C=O) groups excluding carboxylic acids is 1. The third-order valence-corrected chi connectivity index (χ3v) is 5.20. The normalized spacial score (nSPS) is 25.7. The summed E-state index contributed by atoms with van der Waals surface area (Å²) in [6, 6.07) is 6.02. The Morgan fingerprint density at radius 1 is 1.23 bits per heavy atom. The average Bonchev–Trinajstić information content (AvgIpc) is 3.35. The predicted molar refractivity (Wildman–Crippen MR) is 83.3 cm³/mol. The van der Waals surface area contributed by atoms with E-state index in [4.69, 9.17) is 9.47 Å². The van der Waals surface area contributed by atoms with Crippen LogP contribution in [-0.4, -0.2) is 37.1 Å². The quantitative estimate of drug-likeness (QED) is 0.843. The van der Waals surface area contributed by atoms with Gasteiger partial charge in [0, 0.05) is 13.1 Å². The number of fused-ring (bicyclic) bond motifs is 1. The van der Waals surface area contributed by atoms with E-state index in [9.17, 15) is 4.79 Å². The lowest BCUT2D eigenvalue weighted by atomic mass is 9.91. The number of ether oxygens (including phenoxy) is 2. The van der Waals surface area contributed by atoms with Crippen molar-refractivity contribution in [3.63, 3.8) is 0 Å². The number of hydrogen-bond donors (Lipinski definition) is 0. The second-order valence-electron chi connectivity index (χ2n) is 6.94. The maximum absolute atomic E-state index is 13.1. The van der Waals surface area contributed by atoms with E-state index < -0.39 is 0 Å². The molecule has 4 rings (SSSR count). The number of nitrogens with zero attached hydrogens (tertiary/aromatic N) is 1. The Bertz CT molecular complexity index is 594. The van der Waals surface area contributed by atoms with Gasteiger partial charge in [-0.2, -0.15) is 0 Å². The van der Waals surface area contributed by atoms with Crippen molar-refractivity contribution in [1.29, 1.82) is 0 Å². The van der Waals surface area contributed by atoms with Gasteiger partial charge >= 0.3 is 0 Å². The summed E-state index contributed by atoms with van der Waals surface area (Å²) < 4.78 is 11.3. The average molecular weight is 301 g/mol. The molecule has 2 fully saturated rings. The third-order valence-electron chi connectivity index (χ3n) is 5.20.